The normalized spacial score (nSPS) is 11.4. The van der Waals surface area contributed by atoms with Gasteiger partial charge in [-0.15, -0.1) is 11.3 Å². The van der Waals surface area contributed by atoms with E-state index >= 15 is 0 Å². The van der Waals surface area contributed by atoms with E-state index in [9.17, 15) is 0 Å². The van der Waals surface area contributed by atoms with Crippen LogP contribution in [0.1, 0.15) is 0 Å². The molecule has 59 heavy (non-hydrogen) atoms. The summed E-state index contributed by atoms with van der Waals surface area (Å²) in [6, 6.07) is 75.0. The molecule has 11 aromatic rings. The van der Waals surface area contributed by atoms with E-state index in [4.69, 9.17) is 15.0 Å². The number of hydrogen-bond acceptors (Lipinski definition) is 4. The van der Waals surface area contributed by atoms with Gasteiger partial charge in [0.25, 0.3) is 0 Å². The van der Waals surface area contributed by atoms with Crippen LogP contribution in [-0.4, -0.2) is 15.0 Å². The number of fused-ring (bicyclic) bond motifs is 4. The zero-order valence-corrected chi connectivity index (χ0v) is 32.8. The van der Waals surface area contributed by atoms with Crippen molar-refractivity contribution in [1.29, 1.82) is 0 Å². The lowest BCUT2D eigenvalue weighted by Crippen LogP contribution is -1.96. The van der Waals surface area contributed by atoms with Crippen molar-refractivity contribution in [3.8, 4) is 77.9 Å². The Morgan fingerprint density at radius 2 is 0.915 bits per heavy atom. The van der Waals surface area contributed by atoms with Crippen molar-refractivity contribution in [3.05, 3.63) is 212 Å². The predicted molar refractivity (Wildman–Crippen MR) is 248 cm³/mol. The standard InChI is InChI=1S/C55H35N3S/c1-4-15-36(16-5-1)43-23-14-24-44(33-43)49-35-48(57-55(58-49)41-20-8-3-9-21-41)38-28-30-40(31-29-38)53-50(45-32-27-37-17-10-11-22-42(37)34-45)51-46-25-12-13-26-47(46)56-52(54(51)59-53)39-18-6-2-7-19-39/h1-35H. The van der Waals surface area contributed by atoms with Crippen molar-refractivity contribution in [1.82, 2.24) is 15.0 Å². The predicted octanol–water partition coefficient (Wildman–Crippen LogP) is 15.1. The Morgan fingerprint density at radius 3 is 1.68 bits per heavy atom. The van der Waals surface area contributed by atoms with E-state index in [1.165, 1.54) is 42.4 Å². The third kappa shape index (κ3) is 6.46. The summed E-state index contributed by atoms with van der Waals surface area (Å²) in [6.45, 7) is 0. The van der Waals surface area contributed by atoms with Gasteiger partial charge >= 0.3 is 0 Å². The molecule has 0 bridgehead atoms. The van der Waals surface area contributed by atoms with Gasteiger partial charge in [-0.05, 0) is 57.3 Å². The van der Waals surface area contributed by atoms with Gasteiger partial charge < -0.3 is 0 Å². The number of para-hydroxylation sites is 1. The molecule has 8 aromatic carbocycles. The number of benzene rings is 8. The Labute approximate surface area is 346 Å². The van der Waals surface area contributed by atoms with Gasteiger partial charge in [-0.25, -0.2) is 15.0 Å². The first-order valence-electron chi connectivity index (χ1n) is 19.8. The molecule has 0 fully saturated rings. The van der Waals surface area contributed by atoms with Gasteiger partial charge in [-0.2, -0.15) is 0 Å². The first-order chi connectivity index (χ1) is 29.2. The lowest BCUT2D eigenvalue weighted by Gasteiger charge is -2.12. The molecule has 0 saturated carbocycles. The monoisotopic (exact) mass is 769 g/mol. The molecule has 0 spiro atoms. The van der Waals surface area contributed by atoms with Gasteiger partial charge in [0.2, 0.25) is 0 Å². The van der Waals surface area contributed by atoms with Crippen LogP contribution in [0.3, 0.4) is 0 Å². The fourth-order valence-corrected chi connectivity index (χ4v) is 9.52. The summed E-state index contributed by atoms with van der Waals surface area (Å²) < 4.78 is 1.18. The first-order valence-corrected chi connectivity index (χ1v) is 20.7. The molecule has 0 radical (unpaired) electrons. The SMILES string of the molecule is c1ccc(-c2cccc(-c3cc(-c4ccc(-c5sc6c(-c7ccccc7)nc7ccccc7c6c5-c5ccc6ccccc6c5)cc4)nc(-c4ccccc4)n3)c2)cc1. The highest BCUT2D eigenvalue weighted by Crippen LogP contribution is 2.50. The van der Waals surface area contributed by atoms with Crippen LogP contribution >= 0.6 is 11.3 Å². The van der Waals surface area contributed by atoms with Gasteiger partial charge in [0.1, 0.15) is 0 Å². The van der Waals surface area contributed by atoms with Crippen LogP contribution in [0.2, 0.25) is 0 Å². The van der Waals surface area contributed by atoms with Crippen LogP contribution in [0.5, 0.6) is 0 Å². The maximum atomic E-state index is 5.30. The number of aromatic nitrogens is 3. The highest BCUT2D eigenvalue weighted by atomic mass is 32.1. The van der Waals surface area contributed by atoms with Crippen LogP contribution in [0.15, 0.2) is 212 Å². The summed E-state index contributed by atoms with van der Waals surface area (Å²) in [4.78, 5) is 16.8. The Morgan fingerprint density at radius 1 is 0.339 bits per heavy atom. The largest absolute Gasteiger partial charge is 0.246 e. The van der Waals surface area contributed by atoms with E-state index in [0.29, 0.717) is 5.82 Å². The van der Waals surface area contributed by atoms with Crippen molar-refractivity contribution >= 4 is 43.1 Å². The van der Waals surface area contributed by atoms with Gasteiger partial charge in [-0.1, -0.05) is 188 Å². The molecular weight excluding hydrogens is 735 g/mol. The molecule has 0 aliphatic carbocycles. The van der Waals surface area contributed by atoms with E-state index in [1.807, 2.05) is 35.6 Å². The summed E-state index contributed by atoms with van der Waals surface area (Å²) in [7, 11) is 0. The Bertz CT molecular complexity index is 3300. The molecule has 11 rings (SSSR count). The second-order valence-electron chi connectivity index (χ2n) is 14.8. The molecule has 4 heteroatoms. The molecule has 0 atom stereocenters. The lowest BCUT2D eigenvalue weighted by molar-refractivity contribution is 1.18. The fraction of sp³-hybridized carbons (Fsp3) is 0. The zero-order chi connectivity index (χ0) is 39.1. The minimum Gasteiger partial charge on any atom is -0.246 e. The third-order valence-electron chi connectivity index (χ3n) is 11.1. The van der Waals surface area contributed by atoms with E-state index in [2.05, 4.69) is 188 Å². The minimum absolute atomic E-state index is 0.697. The Balaban J connectivity index is 1.09. The van der Waals surface area contributed by atoms with E-state index in [0.717, 1.165) is 61.4 Å². The number of pyridine rings is 1. The van der Waals surface area contributed by atoms with Crippen LogP contribution in [-0.2, 0) is 0 Å². The van der Waals surface area contributed by atoms with Gasteiger partial charge in [0, 0.05) is 43.5 Å². The van der Waals surface area contributed by atoms with E-state index in [1.54, 1.807) is 0 Å². The van der Waals surface area contributed by atoms with Crippen molar-refractivity contribution in [2.75, 3.05) is 0 Å². The molecule has 3 heterocycles. The summed E-state index contributed by atoms with van der Waals surface area (Å²) in [5, 5.41) is 4.83. The van der Waals surface area contributed by atoms with Crippen LogP contribution in [0.4, 0.5) is 0 Å². The first kappa shape index (κ1) is 34.7. The fourth-order valence-electron chi connectivity index (χ4n) is 8.16. The van der Waals surface area contributed by atoms with E-state index in [-0.39, 0.29) is 0 Å². The number of nitrogens with zero attached hydrogens (tertiary/aromatic N) is 3. The topological polar surface area (TPSA) is 38.7 Å². The molecule has 0 unspecified atom stereocenters. The van der Waals surface area contributed by atoms with E-state index < -0.39 is 0 Å². The average Bonchev–Trinajstić information content (AvgIpc) is 3.73. The second kappa shape index (κ2) is 14.8. The van der Waals surface area contributed by atoms with Crippen LogP contribution < -0.4 is 0 Å². The van der Waals surface area contributed by atoms with Gasteiger partial charge in [0.05, 0.1) is 27.3 Å². The zero-order valence-electron chi connectivity index (χ0n) is 32.0. The molecule has 3 aromatic heterocycles. The van der Waals surface area contributed by atoms with Gasteiger partial charge in [0.15, 0.2) is 5.82 Å². The van der Waals surface area contributed by atoms with Crippen molar-refractivity contribution < 1.29 is 0 Å². The van der Waals surface area contributed by atoms with Crippen LogP contribution in [0, 0.1) is 0 Å². The summed E-state index contributed by atoms with van der Waals surface area (Å²) in [5.41, 5.74) is 13.8. The Kier molecular flexibility index (Phi) is 8.68. The number of rotatable bonds is 7. The second-order valence-corrected chi connectivity index (χ2v) is 15.8. The molecule has 0 N–H and O–H groups in total. The highest BCUT2D eigenvalue weighted by molar-refractivity contribution is 7.23. The molecule has 276 valence electrons. The van der Waals surface area contributed by atoms with Crippen molar-refractivity contribution in [3.63, 3.8) is 0 Å². The quantitative estimate of drug-likeness (QED) is 0.162. The van der Waals surface area contributed by atoms with Gasteiger partial charge in [-0.3, -0.25) is 0 Å². The summed E-state index contributed by atoms with van der Waals surface area (Å²) in [5.74, 6) is 0.697. The molecule has 0 amide bonds. The average molecular weight is 770 g/mol. The minimum atomic E-state index is 0.697. The smallest absolute Gasteiger partial charge is 0.160 e. The maximum Gasteiger partial charge on any atom is 0.160 e. The lowest BCUT2D eigenvalue weighted by atomic mass is 9.93. The third-order valence-corrected chi connectivity index (χ3v) is 12.3. The van der Waals surface area contributed by atoms with Crippen molar-refractivity contribution in [2.45, 2.75) is 0 Å². The van der Waals surface area contributed by atoms with Crippen molar-refractivity contribution in [2.24, 2.45) is 0 Å². The Hall–Kier alpha value is -7.53. The molecule has 0 aliphatic heterocycles. The molecular formula is C55H35N3S. The summed E-state index contributed by atoms with van der Waals surface area (Å²) >= 11 is 1.83. The maximum absolute atomic E-state index is 5.30. The number of thiophene rings is 1. The summed E-state index contributed by atoms with van der Waals surface area (Å²) in [6.07, 6.45) is 0. The highest BCUT2D eigenvalue weighted by Gasteiger charge is 2.23. The molecule has 0 saturated heterocycles. The number of hydrogen-bond donors (Lipinski definition) is 0. The molecule has 3 nitrogen and oxygen atoms in total. The molecule has 0 aliphatic rings. The van der Waals surface area contributed by atoms with Crippen LogP contribution in [0.25, 0.3) is 110 Å².